The van der Waals surface area contributed by atoms with Gasteiger partial charge in [0.15, 0.2) is 0 Å². The molecule has 0 aromatic carbocycles. The summed E-state index contributed by atoms with van der Waals surface area (Å²) in [5, 5.41) is 15.9. The summed E-state index contributed by atoms with van der Waals surface area (Å²) in [5.74, 6) is 0.373. The largest absolute Gasteiger partial charge is 0.394 e. The number of rotatable bonds is 3. The number of anilines is 1. The maximum absolute atomic E-state index is 12.0. The van der Waals surface area contributed by atoms with Crippen LogP contribution in [0, 0.1) is 5.41 Å². The number of aliphatic hydroxyl groups is 1. The van der Waals surface area contributed by atoms with Crippen molar-refractivity contribution in [1.29, 1.82) is 0 Å². The van der Waals surface area contributed by atoms with Crippen molar-refractivity contribution in [3.05, 3.63) is 6.33 Å². The van der Waals surface area contributed by atoms with Crippen LogP contribution in [0.5, 0.6) is 0 Å². The van der Waals surface area contributed by atoms with Crippen molar-refractivity contribution in [1.82, 2.24) is 19.7 Å². The van der Waals surface area contributed by atoms with Crippen molar-refractivity contribution in [2.24, 2.45) is 12.5 Å². The van der Waals surface area contributed by atoms with Crippen molar-refractivity contribution in [3.63, 3.8) is 0 Å². The number of nitrogens with one attached hydrogen (secondary N) is 1. The van der Waals surface area contributed by atoms with Crippen molar-refractivity contribution in [2.45, 2.75) is 26.8 Å². The smallest absolute Gasteiger partial charge is 0.324 e. The fourth-order valence-corrected chi connectivity index (χ4v) is 1.71. The Morgan fingerprint density at radius 3 is 2.61 bits per heavy atom. The third-order valence-corrected chi connectivity index (χ3v) is 2.89. The second kappa shape index (κ2) is 5.34. The van der Waals surface area contributed by atoms with E-state index in [1.165, 1.54) is 15.9 Å². The fraction of sp³-hybridized carbons (Fsp3) is 0.727. The van der Waals surface area contributed by atoms with Crippen LogP contribution in [0.3, 0.4) is 0 Å². The fourth-order valence-electron chi connectivity index (χ4n) is 1.71. The Hall–Kier alpha value is -1.63. The minimum atomic E-state index is -0.319. The minimum absolute atomic E-state index is 0.0910. The molecule has 1 heterocycles. The van der Waals surface area contributed by atoms with Crippen molar-refractivity contribution in [3.8, 4) is 0 Å². The van der Waals surface area contributed by atoms with Crippen LogP contribution in [-0.2, 0) is 7.05 Å². The zero-order valence-electron chi connectivity index (χ0n) is 11.5. The maximum Gasteiger partial charge on any atom is 0.324 e. The number of nitrogens with zero attached hydrogens (tertiary/aromatic N) is 4. The van der Waals surface area contributed by atoms with Gasteiger partial charge in [-0.2, -0.15) is 10.1 Å². The lowest BCUT2D eigenvalue weighted by Gasteiger charge is -2.36. The first-order valence-electron chi connectivity index (χ1n) is 5.76. The highest BCUT2D eigenvalue weighted by Gasteiger charge is 2.30. The minimum Gasteiger partial charge on any atom is -0.394 e. The number of carbonyl (C=O) groups is 1. The predicted octanol–water partition coefficient (Wildman–Crippen LogP) is 0.686. The highest BCUT2D eigenvalue weighted by atomic mass is 16.3. The Bertz CT molecular complexity index is 410. The Labute approximate surface area is 107 Å². The average molecular weight is 255 g/mol. The van der Waals surface area contributed by atoms with E-state index in [9.17, 15) is 9.90 Å². The van der Waals surface area contributed by atoms with Gasteiger partial charge in [-0.1, -0.05) is 20.8 Å². The molecular weight excluding hydrogens is 234 g/mol. The molecule has 7 heteroatoms. The molecule has 2 N–H and O–H groups in total. The van der Waals surface area contributed by atoms with Crippen LogP contribution >= 0.6 is 0 Å². The predicted molar refractivity (Wildman–Crippen MR) is 68.1 cm³/mol. The first-order chi connectivity index (χ1) is 8.27. The van der Waals surface area contributed by atoms with Crippen molar-refractivity contribution >= 4 is 12.0 Å². The van der Waals surface area contributed by atoms with Gasteiger partial charge in [-0.05, 0) is 5.41 Å². The average Bonchev–Trinajstić information content (AvgIpc) is 2.63. The van der Waals surface area contributed by atoms with Gasteiger partial charge in [-0.3, -0.25) is 5.32 Å². The molecule has 1 aromatic rings. The molecule has 1 atom stereocenters. The van der Waals surface area contributed by atoms with Crippen LogP contribution < -0.4 is 5.32 Å². The molecule has 7 nitrogen and oxygen atoms in total. The molecular formula is C11H21N5O2. The number of amides is 2. The van der Waals surface area contributed by atoms with E-state index >= 15 is 0 Å². The molecule has 0 aliphatic rings. The molecule has 0 fully saturated rings. The topological polar surface area (TPSA) is 83.3 Å². The number of hydrogen-bond acceptors (Lipinski definition) is 4. The molecule has 0 saturated carbocycles. The number of urea groups is 1. The van der Waals surface area contributed by atoms with Gasteiger partial charge in [0.25, 0.3) is 0 Å². The maximum atomic E-state index is 12.0. The Morgan fingerprint density at radius 2 is 2.22 bits per heavy atom. The second-order valence-electron chi connectivity index (χ2n) is 5.31. The van der Waals surface area contributed by atoms with Crippen molar-refractivity contribution < 1.29 is 9.90 Å². The lowest BCUT2D eigenvalue weighted by molar-refractivity contribution is 0.0885. The van der Waals surface area contributed by atoms with Crippen LogP contribution in [-0.4, -0.2) is 50.5 Å². The second-order valence-corrected chi connectivity index (χ2v) is 5.31. The molecule has 0 spiro atoms. The van der Waals surface area contributed by atoms with E-state index in [4.69, 9.17) is 0 Å². The quantitative estimate of drug-likeness (QED) is 0.832. The Kier molecular flexibility index (Phi) is 4.28. The van der Waals surface area contributed by atoms with Crippen LogP contribution in [0.4, 0.5) is 10.7 Å². The molecule has 1 rings (SSSR count). The summed E-state index contributed by atoms with van der Waals surface area (Å²) in [6.45, 7) is 5.83. The van der Waals surface area contributed by atoms with Gasteiger partial charge < -0.3 is 10.0 Å². The summed E-state index contributed by atoms with van der Waals surface area (Å²) in [4.78, 5) is 17.4. The molecule has 2 amide bonds. The third-order valence-electron chi connectivity index (χ3n) is 2.89. The van der Waals surface area contributed by atoms with Gasteiger partial charge >= 0.3 is 6.03 Å². The van der Waals surface area contributed by atoms with E-state index in [1.807, 2.05) is 20.8 Å². The number of aryl methyl sites for hydroxylation is 1. The van der Waals surface area contributed by atoms with Gasteiger partial charge in [-0.15, -0.1) is 0 Å². The molecule has 0 saturated heterocycles. The molecule has 1 aromatic heterocycles. The summed E-state index contributed by atoms with van der Waals surface area (Å²) < 4.78 is 1.47. The van der Waals surface area contributed by atoms with Crippen LogP contribution in [0.2, 0.25) is 0 Å². The highest BCUT2D eigenvalue weighted by Crippen LogP contribution is 2.23. The van der Waals surface area contributed by atoms with Crippen LogP contribution in [0.15, 0.2) is 6.33 Å². The normalized spacial score (nSPS) is 13.2. The zero-order valence-corrected chi connectivity index (χ0v) is 11.5. The summed E-state index contributed by atoms with van der Waals surface area (Å²) in [7, 11) is 3.34. The molecule has 0 aliphatic heterocycles. The summed E-state index contributed by atoms with van der Waals surface area (Å²) in [6.07, 6.45) is 1.36. The molecule has 0 aliphatic carbocycles. The standard InChI is InChI=1S/C11H21N5O2/c1-11(2,3)8(6-17)15(4)10(18)14-9-12-7-13-16(9)5/h7-8,17H,6H2,1-5H3,(H,12,13,14,18). The number of likely N-dealkylation sites (N-methyl/N-ethyl adjacent to an activating group) is 1. The molecule has 0 radical (unpaired) electrons. The van der Waals surface area contributed by atoms with E-state index in [-0.39, 0.29) is 24.1 Å². The number of carbonyl (C=O) groups excluding carboxylic acids is 1. The highest BCUT2D eigenvalue weighted by molar-refractivity contribution is 5.87. The Balaban J connectivity index is 2.75. The van der Waals surface area contributed by atoms with Crippen LogP contribution in [0.1, 0.15) is 20.8 Å². The van der Waals surface area contributed by atoms with Gasteiger partial charge in [0.2, 0.25) is 5.95 Å². The van der Waals surface area contributed by atoms with Crippen molar-refractivity contribution in [2.75, 3.05) is 19.0 Å². The third kappa shape index (κ3) is 3.19. The van der Waals surface area contributed by atoms with Crippen LogP contribution in [0.25, 0.3) is 0 Å². The number of hydrogen-bond donors (Lipinski definition) is 2. The zero-order chi connectivity index (χ0) is 13.9. The Morgan fingerprint density at radius 1 is 1.61 bits per heavy atom. The number of aliphatic hydroxyl groups excluding tert-OH is 1. The molecule has 1 unspecified atom stereocenters. The summed E-state index contributed by atoms with van der Waals surface area (Å²) in [6, 6.07) is -0.592. The van der Waals surface area contributed by atoms with E-state index in [2.05, 4.69) is 15.4 Å². The first kappa shape index (κ1) is 14.4. The number of aromatic nitrogens is 3. The first-order valence-corrected chi connectivity index (χ1v) is 5.76. The summed E-state index contributed by atoms with van der Waals surface area (Å²) in [5.41, 5.74) is -0.208. The monoisotopic (exact) mass is 255 g/mol. The summed E-state index contributed by atoms with van der Waals surface area (Å²) >= 11 is 0. The van der Waals surface area contributed by atoms with Gasteiger partial charge in [-0.25, -0.2) is 9.48 Å². The van der Waals surface area contributed by atoms with E-state index in [0.29, 0.717) is 5.95 Å². The van der Waals surface area contributed by atoms with E-state index in [1.54, 1.807) is 14.1 Å². The van der Waals surface area contributed by atoms with Gasteiger partial charge in [0, 0.05) is 14.1 Å². The SMILES string of the molecule is CN(C(=O)Nc1ncnn1C)C(CO)C(C)(C)C. The van der Waals surface area contributed by atoms with E-state index < -0.39 is 0 Å². The van der Waals surface area contributed by atoms with Gasteiger partial charge in [0.05, 0.1) is 12.6 Å². The molecule has 102 valence electrons. The lowest BCUT2D eigenvalue weighted by atomic mass is 9.86. The molecule has 0 bridgehead atoms. The van der Waals surface area contributed by atoms with E-state index in [0.717, 1.165) is 0 Å². The van der Waals surface area contributed by atoms with Gasteiger partial charge in [0.1, 0.15) is 6.33 Å². The molecule has 18 heavy (non-hydrogen) atoms. The lowest BCUT2D eigenvalue weighted by Crippen LogP contribution is -2.49.